The highest BCUT2D eigenvalue weighted by molar-refractivity contribution is 6.01. The summed E-state index contributed by atoms with van der Waals surface area (Å²) in [6.45, 7) is 9.33. The average Bonchev–Trinajstić information content (AvgIpc) is 3.23. The van der Waals surface area contributed by atoms with Crippen LogP contribution in [0.1, 0.15) is 50.9 Å². The maximum Gasteiger partial charge on any atom is 0.257 e. The molecule has 3 rings (SSSR count). The number of rotatable bonds is 6. The third-order valence-corrected chi connectivity index (χ3v) is 4.90. The van der Waals surface area contributed by atoms with Crippen LogP contribution in [-0.4, -0.2) is 28.0 Å². The number of benzene rings is 2. The van der Waals surface area contributed by atoms with Gasteiger partial charge < -0.3 is 15.2 Å². The molecule has 2 N–H and O–H groups in total. The molecule has 33 heavy (non-hydrogen) atoms. The van der Waals surface area contributed by atoms with Crippen molar-refractivity contribution in [3.63, 3.8) is 0 Å². The average molecular weight is 456 g/mol. The number of nitrogens with zero attached hydrogens (tertiary/aromatic N) is 2. The number of aromatic nitrogens is 2. The zero-order valence-corrected chi connectivity index (χ0v) is 19.1. The number of hydrogen-bond donors (Lipinski definition) is 2. The molecular formula is C24H26F2N4O3. The van der Waals surface area contributed by atoms with E-state index in [0.717, 1.165) is 18.2 Å². The Morgan fingerprint density at radius 3 is 2.12 bits per heavy atom. The van der Waals surface area contributed by atoms with Crippen molar-refractivity contribution in [1.29, 1.82) is 0 Å². The fourth-order valence-electron chi connectivity index (χ4n) is 3.03. The molecule has 0 unspecified atom stereocenters. The molecule has 0 saturated heterocycles. The van der Waals surface area contributed by atoms with E-state index < -0.39 is 35.1 Å². The first kappa shape index (κ1) is 24.0. The highest BCUT2D eigenvalue weighted by atomic mass is 19.1. The summed E-state index contributed by atoms with van der Waals surface area (Å²) >= 11 is 0. The third kappa shape index (κ3) is 5.60. The van der Waals surface area contributed by atoms with Crippen LogP contribution in [0.2, 0.25) is 0 Å². The van der Waals surface area contributed by atoms with Crippen LogP contribution in [0.4, 0.5) is 14.5 Å². The first-order valence-corrected chi connectivity index (χ1v) is 10.5. The zero-order chi connectivity index (χ0) is 24.3. The molecule has 1 atom stereocenters. The normalized spacial score (nSPS) is 12.5. The molecule has 0 bridgehead atoms. The number of amides is 2. The molecule has 2 amide bonds. The first-order valence-electron chi connectivity index (χ1n) is 10.5. The summed E-state index contributed by atoms with van der Waals surface area (Å²) in [7, 11) is 0. The topological polar surface area (TPSA) is 97.1 Å². The summed E-state index contributed by atoms with van der Waals surface area (Å²) in [4.78, 5) is 29.6. The van der Waals surface area contributed by atoms with E-state index in [2.05, 4.69) is 20.8 Å². The Kier molecular flexibility index (Phi) is 6.90. The van der Waals surface area contributed by atoms with E-state index in [4.69, 9.17) is 4.52 Å². The van der Waals surface area contributed by atoms with E-state index in [1.165, 1.54) is 0 Å². The molecule has 0 aliphatic heterocycles. The van der Waals surface area contributed by atoms with Gasteiger partial charge in [-0.25, -0.2) is 8.78 Å². The largest absolute Gasteiger partial charge is 0.340 e. The monoisotopic (exact) mass is 456 g/mol. The Morgan fingerprint density at radius 2 is 1.61 bits per heavy atom. The van der Waals surface area contributed by atoms with E-state index in [1.807, 2.05) is 20.8 Å². The molecule has 0 aliphatic rings. The number of anilines is 1. The second-order valence-corrected chi connectivity index (χ2v) is 9.03. The fraction of sp³-hybridized carbons (Fsp3) is 0.333. The SMILES string of the molecule is CC(C)[C@H](NC(=O)c1c(F)cccc1F)C(=O)Nc1ccc(-c2noc(C(C)(C)C)n2)cc1. The molecule has 2 aromatic carbocycles. The van der Waals surface area contributed by atoms with E-state index in [-0.39, 0.29) is 11.3 Å². The lowest BCUT2D eigenvalue weighted by molar-refractivity contribution is -0.118. The molecule has 0 saturated carbocycles. The first-order chi connectivity index (χ1) is 15.5. The van der Waals surface area contributed by atoms with Crippen molar-refractivity contribution in [2.45, 2.75) is 46.1 Å². The van der Waals surface area contributed by atoms with Crippen LogP contribution in [-0.2, 0) is 10.2 Å². The van der Waals surface area contributed by atoms with Gasteiger partial charge in [-0.2, -0.15) is 4.98 Å². The Hall–Kier alpha value is -3.62. The van der Waals surface area contributed by atoms with Crippen LogP contribution in [0, 0.1) is 17.6 Å². The third-order valence-electron chi connectivity index (χ3n) is 4.90. The van der Waals surface area contributed by atoms with Gasteiger partial charge >= 0.3 is 0 Å². The molecule has 0 radical (unpaired) electrons. The Bertz CT molecular complexity index is 1130. The maximum atomic E-state index is 13.9. The summed E-state index contributed by atoms with van der Waals surface area (Å²) in [5, 5.41) is 9.13. The van der Waals surface area contributed by atoms with Crippen molar-refractivity contribution in [3.8, 4) is 11.4 Å². The van der Waals surface area contributed by atoms with Gasteiger partial charge in [-0.15, -0.1) is 0 Å². The second kappa shape index (κ2) is 9.48. The molecule has 3 aromatic rings. The number of carbonyl (C=O) groups excluding carboxylic acids is 2. The fourth-order valence-corrected chi connectivity index (χ4v) is 3.03. The number of nitrogens with one attached hydrogen (secondary N) is 2. The molecule has 0 spiro atoms. The molecule has 1 heterocycles. The number of hydrogen-bond acceptors (Lipinski definition) is 5. The van der Waals surface area contributed by atoms with Crippen molar-refractivity contribution in [2.24, 2.45) is 5.92 Å². The summed E-state index contributed by atoms with van der Waals surface area (Å²) < 4.78 is 33.2. The molecule has 0 aliphatic carbocycles. The second-order valence-electron chi connectivity index (χ2n) is 9.03. The number of carbonyl (C=O) groups is 2. The van der Waals surface area contributed by atoms with Crippen molar-refractivity contribution >= 4 is 17.5 Å². The minimum Gasteiger partial charge on any atom is -0.340 e. The molecule has 7 nitrogen and oxygen atoms in total. The lowest BCUT2D eigenvalue weighted by Gasteiger charge is -2.22. The summed E-state index contributed by atoms with van der Waals surface area (Å²) in [6, 6.07) is 8.90. The summed E-state index contributed by atoms with van der Waals surface area (Å²) in [5.41, 5.74) is 0.174. The lowest BCUT2D eigenvalue weighted by Crippen LogP contribution is -2.47. The van der Waals surface area contributed by atoms with Crippen LogP contribution >= 0.6 is 0 Å². The predicted molar refractivity (Wildman–Crippen MR) is 120 cm³/mol. The van der Waals surface area contributed by atoms with E-state index in [1.54, 1.807) is 38.1 Å². The molecule has 174 valence electrons. The van der Waals surface area contributed by atoms with Crippen LogP contribution < -0.4 is 10.6 Å². The van der Waals surface area contributed by atoms with Gasteiger partial charge in [-0.1, -0.05) is 45.8 Å². The van der Waals surface area contributed by atoms with E-state index in [0.29, 0.717) is 23.0 Å². The van der Waals surface area contributed by atoms with Crippen molar-refractivity contribution in [1.82, 2.24) is 15.5 Å². The van der Waals surface area contributed by atoms with Gasteiger partial charge in [0.2, 0.25) is 17.6 Å². The van der Waals surface area contributed by atoms with E-state index in [9.17, 15) is 18.4 Å². The smallest absolute Gasteiger partial charge is 0.257 e. The van der Waals surface area contributed by atoms with Crippen molar-refractivity contribution in [3.05, 3.63) is 65.6 Å². The zero-order valence-electron chi connectivity index (χ0n) is 19.1. The van der Waals surface area contributed by atoms with Gasteiger partial charge in [0, 0.05) is 16.7 Å². The van der Waals surface area contributed by atoms with Gasteiger partial charge in [-0.3, -0.25) is 9.59 Å². The van der Waals surface area contributed by atoms with Crippen LogP contribution in [0.5, 0.6) is 0 Å². The van der Waals surface area contributed by atoms with E-state index >= 15 is 0 Å². The van der Waals surface area contributed by atoms with Gasteiger partial charge in [0.1, 0.15) is 23.2 Å². The Labute approximate surface area is 190 Å². The number of halogens is 2. The quantitative estimate of drug-likeness (QED) is 0.560. The van der Waals surface area contributed by atoms with Crippen molar-refractivity contribution < 1.29 is 22.9 Å². The van der Waals surface area contributed by atoms with Crippen LogP contribution in [0.3, 0.4) is 0 Å². The predicted octanol–water partition coefficient (Wildman–Crippen LogP) is 4.71. The molecule has 9 heteroatoms. The lowest BCUT2D eigenvalue weighted by atomic mass is 9.97. The standard InChI is InChI=1S/C24H26F2N4O3/c1-13(2)19(28-21(31)18-16(25)7-6-8-17(18)26)22(32)27-15-11-9-14(10-12-15)20-29-23(33-30-20)24(3,4)5/h6-13,19H,1-5H3,(H,27,32)(H,28,31)/t19-/m0/s1. The highest BCUT2D eigenvalue weighted by Gasteiger charge is 2.27. The summed E-state index contributed by atoms with van der Waals surface area (Å²) in [5.74, 6) is -2.91. The summed E-state index contributed by atoms with van der Waals surface area (Å²) in [6.07, 6.45) is 0. The van der Waals surface area contributed by atoms with Crippen LogP contribution in [0.25, 0.3) is 11.4 Å². The van der Waals surface area contributed by atoms with Crippen LogP contribution in [0.15, 0.2) is 47.0 Å². The Morgan fingerprint density at radius 1 is 1.00 bits per heavy atom. The minimum atomic E-state index is -1.01. The maximum absolute atomic E-state index is 13.9. The van der Waals surface area contributed by atoms with Gasteiger partial charge in [0.05, 0.1) is 0 Å². The molecular weight excluding hydrogens is 430 g/mol. The van der Waals surface area contributed by atoms with Gasteiger partial charge in [0.15, 0.2) is 0 Å². The van der Waals surface area contributed by atoms with Crippen molar-refractivity contribution in [2.75, 3.05) is 5.32 Å². The van der Waals surface area contributed by atoms with Gasteiger partial charge in [-0.05, 0) is 42.3 Å². The van der Waals surface area contributed by atoms with Gasteiger partial charge in [0.25, 0.3) is 5.91 Å². The molecule has 1 aromatic heterocycles. The Balaban J connectivity index is 1.71. The highest BCUT2D eigenvalue weighted by Crippen LogP contribution is 2.25. The minimum absolute atomic E-state index is 0.277. The molecule has 0 fully saturated rings.